The van der Waals surface area contributed by atoms with Crippen molar-refractivity contribution < 1.29 is 9.53 Å². The molecule has 3 atom stereocenters. The number of carbonyl (C=O) groups is 1. The fourth-order valence-electron chi connectivity index (χ4n) is 3.57. The normalized spacial score (nSPS) is 26.4. The van der Waals surface area contributed by atoms with Gasteiger partial charge < -0.3 is 4.74 Å². The van der Waals surface area contributed by atoms with E-state index >= 15 is 0 Å². The van der Waals surface area contributed by atoms with Crippen molar-refractivity contribution in [2.45, 2.75) is 51.6 Å². The highest BCUT2D eigenvalue weighted by atomic mass is 35.5. The fraction of sp³-hybridized carbons (Fsp3) is 0.611. The van der Waals surface area contributed by atoms with Crippen LogP contribution >= 0.6 is 11.6 Å². The Balaban J connectivity index is 2.23. The Labute approximate surface area is 132 Å². The van der Waals surface area contributed by atoms with Crippen molar-refractivity contribution in [1.82, 2.24) is 0 Å². The van der Waals surface area contributed by atoms with Gasteiger partial charge in [0.2, 0.25) is 0 Å². The molecule has 0 bridgehead atoms. The lowest BCUT2D eigenvalue weighted by atomic mass is 9.64. The van der Waals surface area contributed by atoms with E-state index in [1.54, 1.807) is 0 Å². The molecule has 0 spiro atoms. The number of hydrogen-bond donors (Lipinski definition) is 0. The minimum atomic E-state index is -0.301. The van der Waals surface area contributed by atoms with Crippen LogP contribution in [-0.2, 0) is 14.9 Å². The van der Waals surface area contributed by atoms with Gasteiger partial charge in [-0.05, 0) is 29.7 Å². The lowest BCUT2D eigenvalue weighted by Gasteiger charge is -2.43. The minimum absolute atomic E-state index is 0.0152. The second kappa shape index (κ2) is 6.83. The summed E-state index contributed by atoms with van der Waals surface area (Å²) in [6, 6.07) is 10.5. The van der Waals surface area contributed by atoms with Crippen molar-refractivity contribution in [2.75, 3.05) is 5.88 Å². The van der Waals surface area contributed by atoms with Gasteiger partial charge in [-0.3, -0.25) is 4.79 Å². The molecule has 21 heavy (non-hydrogen) atoms. The van der Waals surface area contributed by atoms with Crippen LogP contribution in [0.2, 0.25) is 0 Å². The molecule has 2 rings (SSSR count). The SMILES string of the molecule is C[C@H]1CC[C@@H](C(C)(C)c2ccccc2)[C@H](OC(=O)CCl)C1. The van der Waals surface area contributed by atoms with E-state index in [4.69, 9.17) is 16.3 Å². The first kappa shape index (κ1) is 16.4. The molecule has 1 aromatic rings. The molecular weight excluding hydrogens is 284 g/mol. The minimum Gasteiger partial charge on any atom is -0.461 e. The van der Waals surface area contributed by atoms with E-state index in [2.05, 4.69) is 45.0 Å². The molecular formula is C18H25ClO2. The summed E-state index contributed by atoms with van der Waals surface area (Å²) in [5.41, 5.74) is 1.29. The van der Waals surface area contributed by atoms with Gasteiger partial charge in [0.1, 0.15) is 12.0 Å². The molecule has 3 heteroatoms. The average Bonchev–Trinajstić information content (AvgIpc) is 2.48. The Kier molecular flexibility index (Phi) is 5.32. The van der Waals surface area contributed by atoms with E-state index in [0.717, 1.165) is 12.8 Å². The molecule has 0 aromatic heterocycles. The van der Waals surface area contributed by atoms with Crippen LogP contribution < -0.4 is 0 Å². The standard InChI is InChI=1S/C18H25ClO2/c1-13-9-10-15(16(11-13)21-17(20)12-19)18(2,3)14-7-5-4-6-8-14/h4-8,13,15-16H,9-12H2,1-3H3/t13-,15+,16+/m0/s1. The zero-order valence-corrected chi connectivity index (χ0v) is 13.9. The predicted molar refractivity (Wildman–Crippen MR) is 86.6 cm³/mol. The molecule has 0 radical (unpaired) electrons. The molecule has 1 aliphatic carbocycles. The second-order valence-corrected chi connectivity index (χ2v) is 7.04. The first-order chi connectivity index (χ1) is 9.95. The van der Waals surface area contributed by atoms with Gasteiger partial charge in [0, 0.05) is 5.92 Å². The molecule has 0 N–H and O–H groups in total. The van der Waals surface area contributed by atoms with Crippen LogP contribution in [0.3, 0.4) is 0 Å². The largest absolute Gasteiger partial charge is 0.461 e. The molecule has 2 nitrogen and oxygen atoms in total. The van der Waals surface area contributed by atoms with E-state index in [-0.39, 0.29) is 23.4 Å². The second-order valence-electron chi connectivity index (χ2n) is 6.77. The molecule has 116 valence electrons. The number of carbonyl (C=O) groups excluding carboxylic acids is 1. The van der Waals surface area contributed by atoms with Crippen molar-refractivity contribution in [3.05, 3.63) is 35.9 Å². The molecule has 0 amide bonds. The maximum atomic E-state index is 11.6. The Morgan fingerprint density at radius 1 is 1.29 bits per heavy atom. The Bertz CT molecular complexity index is 469. The first-order valence-corrected chi connectivity index (χ1v) is 8.29. The third-order valence-corrected chi connectivity index (χ3v) is 5.11. The van der Waals surface area contributed by atoms with E-state index < -0.39 is 0 Å². The number of halogens is 1. The van der Waals surface area contributed by atoms with Gasteiger partial charge in [0.15, 0.2) is 0 Å². The maximum Gasteiger partial charge on any atom is 0.321 e. The summed E-state index contributed by atoms with van der Waals surface area (Å²) in [5.74, 6) is 0.567. The summed E-state index contributed by atoms with van der Waals surface area (Å²) in [4.78, 5) is 11.6. The molecule has 0 unspecified atom stereocenters. The van der Waals surface area contributed by atoms with Gasteiger partial charge in [-0.25, -0.2) is 0 Å². The van der Waals surface area contributed by atoms with Crippen LogP contribution in [0.1, 0.15) is 45.6 Å². The lowest BCUT2D eigenvalue weighted by Crippen LogP contribution is -2.43. The lowest BCUT2D eigenvalue weighted by molar-refractivity contribution is -0.153. The van der Waals surface area contributed by atoms with E-state index in [1.165, 1.54) is 12.0 Å². The van der Waals surface area contributed by atoms with Gasteiger partial charge in [-0.1, -0.05) is 57.5 Å². The van der Waals surface area contributed by atoms with Gasteiger partial charge in [-0.15, -0.1) is 11.6 Å². The summed E-state index contributed by atoms with van der Waals surface area (Å²) in [5, 5.41) is 0. The van der Waals surface area contributed by atoms with Gasteiger partial charge in [0.05, 0.1) is 0 Å². The van der Waals surface area contributed by atoms with Crippen molar-refractivity contribution >= 4 is 17.6 Å². The molecule has 1 saturated carbocycles. The van der Waals surface area contributed by atoms with Crippen LogP contribution in [-0.4, -0.2) is 18.0 Å². The van der Waals surface area contributed by atoms with Crippen LogP contribution in [0, 0.1) is 11.8 Å². The van der Waals surface area contributed by atoms with E-state index in [0.29, 0.717) is 11.8 Å². The summed E-state index contributed by atoms with van der Waals surface area (Å²) in [6.45, 7) is 6.74. The predicted octanol–water partition coefficient (Wildman–Crippen LogP) is 4.55. The molecule has 0 heterocycles. The third kappa shape index (κ3) is 3.79. The van der Waals surface area contributed by atoms with Crippen molar-refractivity contribution in [1.29, 1.82) is 0 Å². The number of benzene rings is 1. The van der Waals surface area contributed by atoms with Gasteiger partial charge >= 0.3 is 5.97 Å². The van der Waals surface area contributed by atoms with Crippen molar-refractivity contribution in [3.63, 3.8) is 0 Å². The van der Waals surface area contributed by atoms with Crippen LogP contribution in [0.25, 0.3) is 0 Å². The molecule has 1 fully saturated rings. The summed E-state index contributed by atoms with van der Waals surface area (Å²) in [6.07, 6.45) is 3.18. The maximum absolute atomic E-state index is 11.6. The summed E-state index contributed by atoms with van der Waals surface area (Å²) >= 11 is 5.61. The summed E-state index contributed by atoms with van der Waals surface area (Å²) < 4.78 is 5.66. The van der Waals surface area contributed by atoms with Crippen LogP contribution in [0.15, 0.2) is 30.3 Å². The van der Waals surface area contributed by atoms with Crippen molar-refractivity contribution in [2.24, 2.45) is 11.8 Å². The highest BCUT2D eigenvalue weighted by Gasteiger charge is 2.41. The number of rotatable bonds is 4. The quantitative estimate of drug-likeness (QED) is 0.602. The Morgan fingerprint density at radius 2 is 1.95 bits per heavy atom. The van der Waals surface area contributed by atoms with E-state index in [9.17, 15) is 4.79 Å². The van der Waals surface area contributed by atoms with Gasteiger partial charge in [-0.2, -0.15) is 0 Å². The number of ether oxygens (including phenoxy) is 1. The van der Waals surface area contributed by atoms with Crippen LogP contribution in [0.4, 0.5) is 0 Å². The molecule has 1 aliphatic rings. The van der Waals surface area contributed by atoms with E-state index in [1.807, 2.05) is 6.07 Å². The molecule has 1 aromatic carbocycles. The zero-order chi connectivity index (χ0) is 15.5. The Hall–Kier alpha value is -1.02. The Morgan fingerprint density at radius 3 is 2.57 bits per heavy atom. The monoisotopic (exact) mass is 308 g/mol. The number of esters is 1. The average molecular weight is 309 g/mol. The third-order valence-electron chi connectivity index (χ3n) is 4.89. The number of hydrogen-bond acceptors (Lipinski definition) is 2. The van der Waals surface area contributed by atoms with Gasteiger partial charge in [0.25, 0.3) is 0 Å². The highest BCUT2D eigenvalue weighted by molar-refractivity contribution is 6.26. The number of alkyl halides is 1. The fourth-order valence-corrected chi connectivity index (χ4v) is 3.63. The molecule has 0 aliphatic heterocycles. The van der Waals surface area contributed by atoms with Crippen molar-refractivity contribution in [3.8, 4) is 0 Å². The summed E-state index contributed by atoms with van der Waals surface area (Å²) in [7, 11) is 0. The molecule has 0 saturated heterocycles. The topological polar surface area (TPSA) is 26.3 Å². The first-order valence-electron chi connectivity index (χ1n) is 7.76. The van der Waals surface area contributed by atoms with Crippen LogP contribution in [0.5, 0.6) is 0 Å². The smallest absolute Gasteiger partial charge is 0.321 e. The zero-order valence-electron chi connectivity index (χ0n) is 13.1. The highest BCUT2D eigenvalue weighted by Crippen LogP contribution is 2.43.